The van der Waals surface area contributed by atoms with Gasteiger partial charge >= 0.3 is 6.61 Å². The fourth-order valence-corrected chi connectivity index (χ4v) is 3.51. The number of thiazole rings is 1. The van der Waals surface area contributed by atoms with Gasteiger partial charge < -0.3 is 4.74 Å². The maximum Gasteiger partial charge on any atom is 0.387 e. The van der Waals surface area contributed by atoms with Crippen LogP contribution >= 0.6 is 11.3 Å². The molecule has 0 fully saturated rings. The van der Waals surface area contributed by atoms with Crippen molar-refractivity contribution in [2.45, 2.75) is 6.61 Å². The van der Waals surface area contributed by atoms with Crippen molar-refractivity contribution in [3.8, 4) is 22.7 Å². The van der Waals surface area contributed by atoms with Crippen LogP contribution in [0.4, 0.5) is 19.6 Å². The number of halogens is 2. The van der Waals surface area contributed by atoms with E-state index in [0.717, 1.165) is 11.3 Å². The van der Waals surface area contributed by atoms with Crippen LogP contribution in [-0.2, 0) is 0 Å². The third-order valence-corrected chi connectivity index (χ3v) is 5.01. The number of carbonyl (C=O) groups excluding carboxylic acids is 1. The fourth-order valence-electron chi connectivity index (χ4n) is 2.81. The van der Waals surface area contributed by atoms with Crippen LogP contribution < -0.4 is 10.1 Å². The second-order valence-corrected chi connectivity index (χ2v) is 7.14. The van der Waals surface area contributed by atoms with Crippen molar-refractivity contribution in [1.29, 1.82) is 0 Å². The summed E-state index contributed by atoms with van der Waals surface area (Å²) < 4.78 is 31.2. The molecule has 1 amide bonds. The lowest BCUT2D eigenvalue weighted by Crippen LogP contribution is -2.13. The molecule has 0 bridgehead atoms. The van der Waals surface area contributed by atoms with Gasteiger partial charge in [-0.2, -0.15) is 13.9 Å². The number of amides is 1. The van der Waals surface area contributed by atoms with Crippen LogP contribution in [0.15, 0.2) is 66.2 Å². The Morgan fingerprint density at radius 3 is 2.62 bits per heavy atom. The Bertz CT molecular complexity index is 1270. The van der Waals surface area contributed by atoms with Gasteiger partial charge in [-0.3, -0.25) is 20.2 Å². The molecule has 12 heteroatoms. The number of non-ortho nitro benzene ring substituents is 1. The molecule has 2 heterocycles. The van der Waals surface area contributed by atoms with E-state index in [1.807, 2.05) is 0 Å². The van der Waals surface area contributed by atoms with E-state index in [4.69, 9.17) is 0 Å². The molecular weight excluding hydrogens is 444 g/mol. The maximum absolute atomic E-state index is 12.6. The molecule has 0 radical (unpaired) electrons. The SMILES string of the molecule is O=C(Nc1nc(-c2ccccc2OC(F)F)cs1)c1ccn(-c2ccc([N+](=O)[O-])cc2)n1. The van der Waals surface area contributed by atoms with Crippen LogP contribution in [0.2, 0.25) is 0 Å². The lowest BCUT2D eigenvalue weighted by molar-refractivity contribution is -0.384. The zero-order chi connectivity index (χ0) is 22.7. The van der Waals surface area contributed by atoms with Gasteiger partial charge in [-0.25, -0.2) is 9.67 Å². The third-order valence-electron chi connectivity index (χ3n) is 4.25. The number of benzene rings is 2. The highest BCUT2D eigenvalue weighted by atomic mass is 32.1. The normalized spacial score (nSPS) is 10.8. The van der Waals surface area contributed by atoms with Gasteiger partial charge in [0.2, 0.25) is 0 Å². The minimum atomic E-state index is -2.97. The van der Waals surface area contributed by atoms with E-state index in [1.54, 1.807) is 29.8 Å². The van der Waals surface area contributed by atoms with Gasteiger partial charge in [0.15, 0.2) is 10.8 Å². The summed E-state index contributed by atoms with van der Waals surface area (Å²) in [6.45, 7) is -2.97. The number of hydrogen-bond acceptors (Lipinski definition) is 7. The molecule has 0 aliphatic heterocycles. The van der Waals surface area contributed by atoms with Gasteiger partial charge in [0.1, 0.15) is 5.75 Å². The Labute approximate surface area is 183 Å². The predicted molar refractivity (Wildman–Crippen MR) is 112 cm³/mol. The first-order valence-corrected chi connectivity index (χ1v) is 9.90. The summed E-state index contributed by atoms with van der Waals surface area (Å²) in [5, 5.41) is 19.4. The molecule has 0 atom stereocenters. The van der Waals surface area contributed by atoms with Crippen molar-refractivity contribution >= 4 is 28.1 Å². The first-order valence-electron chi connectivity index (χ1n) is 9.02. The summed E-state index contributed by atoms with van der Waals surface area (Å²) >= 11 is 1.12. The average molecular weight is 457 g/mol. The molecule has 0 aliphatic rings. The molecule has 0 aliphatic carbocycles. The zero-order valence-electron chi connectivity index (χ0n) is 16.0. The minimum Gasteiger partial charge on any atom is -0.434 e. The predicted octanol–water partition coefficient (Wildman–Crippen LogP) is 4.76. The lowest BCUT2D eigenvalue weighted by Gasteiger charge is -2.08. The van der Waals surface area contributed by atoms with Crippen molar-refractivity contribution in [2.24, 2.45) is 0 Å². The van der Waals surface area contributed by atoms with E-state index in [2.05, 4.69) is 20.1 Å². The molecule has 2 aromatic carbocycles. The molecule has 0 saturated carbocycles. The molecule has 32 heavy (non-hydrogen) atoms. The fraction of sp³-hybridized carbons (Fsp3) is 0.0500. The number of para-hydroxylation sites is 1. The number of hydrogen-bond donors (Lipinski definition) is 1. The van der Waals surface area contributed by atoms with Crippen LogP contribution in [0.3, 0.4) is 0 Å². The molecule has 1 N–H and O–H groups in total. The van der Waals surface area contributed by atoms with Gasteiger partial charge in [0, 0.05) is 29.3 Å². The highest BCUT2D eigenvalue weighted by Gasteiger charge is 2.16. The van der Waals surface area contributed by atoms with Crippen molar-refractivity contribution in [1.82, 2.24) is 14.8 Å². The summed E-state index contributed by atoms with van der Waals surface area (Å²) in [7, 11) is 0. The molecule has 4 rings (SSSR count). The number of ether oxygens (including phenoxy) is 1. The van der Waals surface area contributed by atoms with Gasteiger partial charge in [-0.05, 0) is 30.3 Å². The van der Waals surface area contributed by atoms with Crippen LogP contribution in [0.25, 0.3) is 16.9 Å². The largest absolute Gasteiger partial charge is 0.434 e. The number of aromatic nitrogens is 3. The zero-order valence-corrected chi connectivity index (χ0v) is 16.8. The number of nitrogens with one attached hydrogen (secondary N) is 1. The van der Waals surface area contributed by atoms with Gasteiger partial charge in [0.25, 0.3) is 11.6 Å². The number of carbonyl (C=O) groups is 1. The Hall–Kier alpha value is -4.19. The average Bonchev–Trinajstić information content (AvgIpc) is 3.44. The lowest BCUT2D eigenvalue weighted by atomic mass is 10.1. The number of nitrogens with zero attached hydrogens (tertiary/aromatic N) is 4. The smallest absolute Gasteiger partial charge is 0.387 e. The second kappa shape index (κ2) is 8.89. The minimum absolute atomic E-state index is 0.0208. The summed E-state index contributed by atoms with van der Waals surface area (Å²) in [6, 6.07) is 13.4. The van der Waals surface area contributed by atoms with Gasteiger partial charge in [-0.15, -0.1) is 11.3 Å². The molecule has 0 spiro atoms. The van der Waals surface area contributed by atoms with E-state index in [1.165, 1.54) is 41.1 Å². The Kier molecular flexibility index (Phi) is 5.85. The van der Waals surface area contributed by atoms with E-state index in [0.29, 0.717) is 16.9 Å². The highest BCUT2D eigenvalue weighted by molar-refractivity contribution is 7.14. The van der Waals surface area contributed by atoms with Crippen molar-refractivity contribution in [3.05, 3.63) is 82.0 Å². The van der Waals surface area contributed by atoms with E-state index < -0.39 is 17.4 Å². The van der Waals surface area contributed by atoms with Gasteiger partial charge in [-0.1, -0.05) is 12.1 Å². The number of nitro benzene ring substituents is 1. The van der Waals surface area contributed by atoms with E-state index in [9.17, 15) is 23.7 Å². The summed E-state index contributed by atoms with van der Waals surface area (Å²) in [5.74, 6) is -0.545. The summed E-state index contributed by atoms with van der Waals surface area (Å²) in [5.41, 5.74) is 1.33. The van der Waals surface area contributed by atoms with Crippen molar-refractivity contribution in [3.63, 3.8) is 0 Å². The molecule has 4 aromatic rings. The van der Waals surface area contributed by atoms with Crippen LogP contribution in [0.1, 0.15) is 10.5 Å². The first kappa shape index (κ1) is 21.1. The molecule has 0 saturated heterocycles. The summed E-state index contributed by atoms with van der Waals surface area (Å²) in [4.78, 5) is 27.0. The third kappa shape index (κ3) is 4.59. The topological polar surface area (TPSA) is 112 Å². The van der Waals surface area contributed by atoms with Crippen LogP contribution in [-0.4, -0.2) is 32.2 Å². The Morgan fingerprint density at radius 2 is 1.91 bits per heavy atom. The quantitative estimate of drug-likeness (QED) is 0.316. The number of alkyl halides is 2. The number of nitro groups is 1. The molecular formula is C20H13F2N5O4S. The number of rotatable bonds is 7. The summed E-state index contributed by atoms with van der Waals surface area (Å²) in [6.07, 6.45) is 1.54. The Balaban J connectivity index is 1.48. The monoisotopic (exact) mass is 457 g/mol. The molecule has 162 valence electrons. The Morgan fingerprint density at radius 1 is 1.16 bits per heavy atom. The molecule has 9 nitrogen and oxygen atoms in total. The van der Waals surface area contributed by atoms with Crippen molar-refractivity contribution < 1.29 is 23.2 Å². The molecule has 0 unspecified atom stereocenters. The van der Waals surface area contributed by atoms with Crippen LogP contribution in [0, 0.1) is 10.1 Å². The molecule has 2 aromatic heterocycles. The maximum atomic E-state index is 12.6. The standard InChI is InChI=1S/C20H13F2N5O4S/c21-19(22)31-17-4-2-1-3-14(17)16-11-32-20(23-16)24-18(28)15-9-10-26(25-15)12-5-7-13(8-6-12)27(29)30/h1-11,19H,(H,23,24,28). The first-order chi connectivity index (χ1) is 15.4. The highest BCUT2D eigenvalue weighted by Crippen LogP contribution is 2.33. The van der Waals surface area contributed by atoms with Gasteiger partial charge in [0.05, 0.1) is 16.3 Å². The van der Waals surface area contributed by atoms with E-state index >= 15 is 0 Å². The van der Waals surface area contributed by atoms with Crippen molar-refractivity contribution in [2.75, 3.05) is 5.32 Å². The van der Waals surface area contributed by atoms with E-state index in [-0.39, 0.29) is 22.3 Å². The number of anilines is 1. The second-order valence-electron chi connectivity index (χ2n) is 6.29. The van der Waals surface area contributed by atoms with Crippen LogP contribution in [0.5, 0.6) is 5.75 Å².